The van der Waals surface area contributed by atoms with Gasteiger partial charge < -0.3 is 10.2 Å². The minimum atomic E-state index is -3.66. The molecule has 0 bridgehead atoms. The second-order valence-corrected chi connectivity index (χ2v) is 15.0. The van der Waals surface area contributed by atoms with Crippen LogP contribution in [-0.4, -0.2) is 43.6 Å². The summed E-state index contributed by atoms with van der Waals surface area (Å²) in [5.74, 6) is 0.0738. The molecule has 2 N–H and O–H groups in total. The molecule has 0 spiro atoms. The highest BCUT2D eigenvalue weighted by Gasteiger charge is 2.40. The highest BCUT2D eigenvalue weighted by molar-refractivity contribution is 7.91. The van der Waals surface area contributed by atoms with Crippen molar-refractivity contribution in [1.29, 1.82) is 0 Å². The maximum Gasteiger partial charge on any atom is 0.284 e. The van der Waals surface area contributed by atoms with E-state index >= 15 is 0 Å². The van der Waals surface area contributed by atoms with Crippen molar-refractivity contribution in [2.75, 3.05) is 18.0 Å². The summed E-state index contributed by atoms with van der Waals surface area (Å²) in [6, 6.07) is 13.4. The number of rotatable bonds is 12. The highest BCUT2D eigenvalue weighted by atomic mass is 35.5. The number of carbonyl (C=O) groups excluding carboxylic acids is 2. The molecule has 0 aliphatic heterocycles. The standard InChI is InChI=1S/C31H35ClN4O4S2/c1-3-33-29(37)25-15-12-23(32)16-26(25)21-8-6-20(7-9-21)18(2)36(17-19-4-5-19)31-34-27(28(41-31)22-10-11-22)30(38)35-42(39,40)24-13-14-24/h6-9,12,15-16,18-19,22,24H,3-5,10-11,13-14,17H2,1-2H3,(H,33,37)(H,35,38)/t18-/m1/s1. The van der Waals surface area contributed by atoms with E-state index in [1.807, 2.05) is 25.1 Å². The quantitative estimate of drug-likeness (QED) is 0.245. The first-order valence-electron chi connectivity index (χ1n) is 14.7. The maximum absolute atomic E-state index is 13.2. The molecule has 0 radical (unpaired) electrons. The molecule has 0 unspecified atom stereocenters. The Bertz CT molecular complexity index is 1610. The number of anilines is 1. The topological polar surface area (TPSA) is 108 Å². The van der Waals surface area contributed by atoms with Crippen LogP contribution in [0, 0.1) is 5.92 Å². The van der Waals surface area contributed by atoms with Gasteiger partial charge in [0.05, 0.1) is 11.3 Å². The van der Waals surface area contributed by atoms with Crippen LogP contribution < -0.4 is 14.9 Å². The van der Waals surface area contributed by atoms with Crippen molar-refractivity contribution in [3.8, 4) is 11.1 Å². The molecule has 2 amide bonds. The van der Waals surface area contributed by atoms with Gasteiger partial charge in [-0.1, -0.05) is 35.9 Å². The molecule has 3 aliphatic rings. The molecule has 3 saturated carbocycles. The SMILES string of the molecule is CCNC(=O)c1ccc(Cl)cc1-c1ccc([C@@H](C)N(CC2CC2)c2nc(C(=O)NS(=O)(=O)C3CC3)c(C3CC3)s2)cc1. The average Bonchev–Trinajstić information content (AvgIpc) is 3.82. The van der Waals surface area contributed by atoms with Gasteiger partial charge in [-0.15, -0.1) is 11.3 Å². The molecular weight excluding hydrogens is 592 g/mol. The Morgan fingerprint density at radius 1 is 1.05 bits per heavy atom. The van der Waals surface area contributed by atoms with Gasteiger partial charge in [-0.25, -0.2) is 18.1 Å². The molecule has 11 heteroatoms. The number of aromatic nitrogens is 1. The van der Waals surface area contributed by atoms with E-state index in [1.54, 1.807) is 12.1 Å². The summed E-state index contributed by atoms with van der Waals surface area (Å²) in [6.45, 7) is 5.37. The predicted molar refractivity (Wildman–Crippen MR) is 167 cm³/mol. The van der Waals surface area contributed by atoms with Gasteiger partial charge in [0.1, 0.15) is 5.69 Å². The number of sulfonamides is 1. The van der Waals surface area contributed by atoms with E-state index in [0.29, 0.717) is 35.9 Å². The molecule has 222 valence electrons. The highest BCUT2D eigenvalue weighted by Crippen LogP contribution is 2.48. The minimum absolute atomic E-state index is 0.0359. The molecule has 3 aromatic rings. The van der Waals surface area contributed by atoms with E-state index in [-0.39, 0.29) is 23.6 Å². The average molecular weight is 627 g/mol. The van der Waals surface area contributed by atoms with Crippen molar-refractivity contribution >= 4 is 49.9 Å². The van der Waals surface area contributed by atoms with Crippen molar-refractivity contribution in [2.24, 2.45) is 5.92 Å². The van der Waals surface area contributed by atoms with Crippen LogP contribution in [-0.2, 0) is 10.0 Å². The number of halogens is 1. The third-order valence-corrected chi connectivity index (χ3v) is 11.4. The molecule has 3 aliphatic carbocycles. The largest absolute Gasteiger partial charge is 0.352 e. The number of nitrogens with zero attached hydrogens (tertiary/aromatic N) is 2. The van der Waals surface area contributed by atoms with Crippen molar-refractivity contribution in [3.05, 3.63) is 69.2 Å². The molecule has 8 nitrogen and oxygen atoms in total. The molecule has 1 heterocycles. The fourth-order valence-corrected chi connectivity index (χ4v) is 7.95. The van der Waals surface area contributed by atoms with Gasteiger partial charge in [-0.3, -0.25) is 9.59 Å². The van der Waals surface area contributed by atoms with Gasteiger partial charge in [0.15, 0.2) is 5.13 Å². The summed E-state index contributed by atoms with van der Waals surface area (Å²) in [4.78, 5) is 33.8. The second kappa shape index (κ2) is 11.6. The van der Waals surface area contributed by atoms with E-state index in [0.717, 1.165) is 58.9 Å². The zero-order valence-corrected chi connectivity index (χ0v) is 26.1. The van der Waals surface area contributed by atoms with Crippen LogP contribution in [0.15, 0.2) is 42.5 Å². The van der Waals surface area contributed by atoms with Gasteiger partial charge in [-0.2, -0.15) is 0 Å². The van der Waals surface area contributed by atoms with Crippen LogP contribution in [0.2, 0.25) is 5.02 Å². The first-order valence-corrected chi connectivity index (χ1v) is 17.4. The van der Waals surface area contributed by atoms with Crippen LogP contribution in [0.3, 0.4) is 0 Å². The molecule has 0 saturated heterocycles. The van der Waals surface area contributed by atoms with E-state index in [2.05, 4.69) is 34.0 Å². The first kappa shape index (κ1) is 29.1. The van der Waals surface area contributed by atoms with E-state index in [9.17, 15) is 18.0 Å². The number of thiazole rings is 1. The smallest absolute Gasteiger partial charge is 0.284 e. The Labute approximate surface area is 255 Å². The molecule has 1 atom stereocenters. The fourth-order valence-electron chi connectivity index (χ4n) is 5.18. The molecule has 3 fully saturated rings. The first-order chi connectivity index (χ1) is 20.1. The van der Waals surface area contributed by atoms with E-state index in [4.69, 9.17) is 16.6 Å². The summed E-state index contributed by atoms with van der Waals surface area (Å²) in [5, 5.41) is 3.71. The Balaban J connectivity index is 1.28. The Hall–Kier alpha value is -2.95. The summed E-state index contributed by atoms with van der Waals surface area (Å²) in [7, 11) is -3.66. The van der Waals surface area contributed by atoms with Crippen molar-refractivity contribution < 1.29 is 18.0 Å². The zero-order valence-electron chi connectivity index (χ0n) is 23.7. The van der Waals surface area contributed by atoms with Crippen molar-refractivity contribution in [1.82, 2.24) is 15.0 Å². The monoisotopic (exact) mass is 626 g/mol. The van der Waals surface area contributed by atoms with Gasteiger partial charge in [-0.05, 0) is 99.1 Å². The van der Waals surface area contributed by atoms with Crippen molar-refractivity contribution in [3.63, 3.8) is 0 Å². The van der Waals surface area contributed by atoms with Crippen molar-refractivity contribution in [2.45, 2.75) is 69.6 Å². The summed E-state index contributed by atoms with van der Waals surface area (Å²) in [5.41, 5.74) is 3.57. The minimum Gasteiger partial charge on any atom is -0.352 e. The Morgan fingerprint density at radius 2 is 1.76 bits per heavy atom. The third kappa shape index (κ3) is 6.35. The van der Waals surface area contributed by atoms with Gasteiger partial charge in [0.25, 0.3) is 11.8 Å². The summed E-state index contributed by atoms with van der Waals surface area (Å²) < 4.78 is 27.3. The van der Waals surface area contributed by atoms with E-state index < -0.39 is 21.2 Å². The van der Waals surface area contributed by atoms with Gasteiger partial charge in [0, 0.05) is 28.6 Å². The third-order valence-electron chi connectivity index (χ3n) is 8.14. The molecular formula is C31H35ClN4O4S2. The molecule has 6 rings (SSSR count). The maximum atomic E-state index is 13.2. The number of amides is 2. The lowest BCUT2D eigenvalue weighted by Crippen LogP contribution is -2.34. The van der Waals surface area contributed by atoms with Crippen LogP contribution >= 0.6 is 22.9 Å². The predicted octanol–water partition coefficient (Wildman–Crippen LogP) is 6.29. The summed E-state index contributed by atoms with van der Waals surface area (Å²) in [6.07, 6.45) is 5.48. The fraction of sp³-hybridized carbons (Fsp3) is 0.452. The number of hydrogen-bond donors (Lipinski definition) is 2. The lowest BCUT2D eigenvalue weighted by atomic mass is 9.96. The molecule has 42 heavy (non-hydrogen) atoms. The lowest BCUT2D eigenvalue weighted by Gasteiger charge is -2.29. The van der Waals surface area contributed by atoms with Crippen LogP contribution in [0.5, 0.6) is 0 Å². The van der Waals surface area contributed by atoms with E-state index in [1.165, 1.54) is 11.3 Å². The number of carbonyl (C=O) groups is 2. The zero-order chi connectivity index (χ0) is 29.6. The van der Waals surface area contributed by atoms with Crippen LogP contribution in [0.4, 0.5) is 5.13 Å². The number of nitrogens with one attached hydrogen (secondary N) is 2. The summed E-state index contributed by atoms with van der Waals surface area (Å²) >= 11 is 7.83. The Kier molecular flexibility index (Phi) is 8.06. The second-order valence-electron chi connectivity index (χ2n) is 11.6. The number of benzene rings is 2. The lowest BCUT2D eigenvalue weighted by molar-refractivity contribution is 0.0953. The van der Waals surface area contributed by atoms with Crippen LogP contribution in [0.1, 0.15) is 95.6 Å². The Morgan fingerprint density at radius 3 is 2.38 bits per heavy atom. The number of hydrogen-bond acceptors (Lipinski definition) is 7. The van der Waals surface area contributed by atoms with Crippen LogP contribution in [0.25, 0.3) is 11.1 Å². The normalized spacial score (nSPS) is 17.5. The van der Waals surface area contributed by atoms with Gasteiger partial charge in [0.2, 0.25) is 10.0 Å². The van der Waals surface area contributed by atoms with Gasteiger partial charge >= 0.3 is 0 Å². The molecule has 1 aromatic heterocycles. The molecule has 2 aromatic carbocycles.